The number of nitrogens with one attached hydrogen (secondary N) is 2. The molecule has 0 spiro atoms. The van der Waals surface area contributed by atoms with Gasteiger partial charge in [0.1, 0.15) is 11.5 Å². The van der Waals surface area contributed by atoms with Crippen molar-refractivity contribution in [3.05, 3.63) is 70.1 Å². The third-order valence-corrected chi connectivity index (χ3v) is 6.77. The van der Waals surface area contributed by atoms with Gasteiger partial charge in [0.25, 0.3) is 5.91 Å². The van der Waals surface area contributed by atoms with Gasteiger partial charge in [0, 0.05) is 34.6 Å². The molecule has 5 rings (SSSR count). The Morgan fingerprint density at radius 2 is 1.97 bits per heavy atom. The van der Waals surface area contributed by atoms with Gasteiger partial charge in [-0.3, -0.25) is 4.79 Å². The molecule has 2 N–H and O–H groups in total. The summed E-state index contributed by atoms with van der Waals surface area (Å²) in [4.78, 5) is 17.5. The smallest absolute Gasteiger partial charge is 0.269 e. The van der Waals surface area contributed by atoms with Crippen LogP contribution in [0.4, 0.5) is 0 Å². The highest BCUT2D eigenvalue weighted by atomic mass is 79.9. The second kappa shape index (κ2) is 8.86. The van der Waals surface area contributed by atoms with Gasteiger partial charge in [0.15, 0.2) is 0 Å². The molecule has 1 aliphatic heterocycles. The number of rotatable bonds is 6. The minimum atomic E-state index is -0.164. The number of carbonyl (C=O) groups excluding carboxylic acids is 1. The van der Waals surface area contributed by atoms with E-state index in [2.05, 4.69) is 46.9 Å². The van der Waals surface area contributed by atoms with Crippen molar-refractivity contribution in [3.63, 3.8) is 0 Å². The number of carbonyl (C=O) groups is 1. The van der Waals surface area contributed by atoms with Crippen LogP contribution in [-0.4, -0.2) is 43.1 Å². The molecule has 0 radical (unpaired) electrons. The molecule has 2 aliphatic rings. The summed E-state index contributed by atoms with van der Waals surface area (Å²) >= 11 is 3.82. The number of aryl methyl sites for hydroxylation is 2. The van der Waals surface area contributed by atoms with Crippen molar-refractivity contribution < 1.29 is 9.21 Å². The van der Waals surface area contributed by atoms with E-state index < -0.39 is 0 Å². The Kier molecular flexibility index (Phi) is 5.74. The van der Waals surface area contributed by atoms with Gasteiger partial charge >= 0.3 is 0 Å². The summed E-state index contributed by atoms with van der Waals surface area (Å²) in [5, 5.41) is 17.4. The van der Waals surface area contributed by atoms with E-state index in [9.17, 15) is 4.79 Å². The Morgan fingerprint density at radius 3 is 2.68 bits per heavy atom. The summed E-state index contributed by atoms with van der Waals surface area (Å²) in [7, 11) is 1.63. The van der Waals surface area contributed by atoms with Crippen LogP contribution in [0.15, 0.2) is 51.7 Å². The fourth-order valence-corrected chi connectivity index (χ4v) is 5.21. The van der Waals surface area contributed by atoms with Gasteiger partial charge in [-0.25, -0.2) is 4.98 Å². The van der Waals surface area contributed by atoms with Gasteiger partial charge < -0.3 is 14.3 Å². The second-order valence-electron chi connectivity index (χ2n) is 7.81. The van der Waals surface area contributed by atoms with Gasteiger partial charge in [-0.2, -0.15) is 5.21 Å². The average Bonchev–Trinajstić information content (AvgIpc) is 3.57. The highest BCUT2D eigenvalue weighted by Gasteiger charge is 2.28. The van der Waals surface area contributed by atoms with E-state index in [1.165, 1.54) is 0 Å². The molecule has 0 fully saturated rings. The van der Waals surface area contributed by atoms with Crippen LogP contribution in [0.3, 0.4) is 0 Å². The normalized spacial score (nSPS) is 11.3. The number of hydrogen-bond donors (Lipinski definition) is 2. The average molecular weight is 520 g/mol. The number of halogens is 1. The topological polar surface area (TPSA) is 115 Å². The van der Waals surface area contributed by atoms with E-state index in [0.717, 1.165) is 43.7 Å². The lowest BCUT2D eigenvalue weighted by Gasteiger charge is -2.15. The Labute approximate surface area is 204 Å². The third kappa shape index (κ3) is 3.50. The van der Waals surface area contributed by atoms with Crippen molar-refractivity contribution in [2.75, 3.05) is 7.05 Å². The van der Waals surface area contributed by atoms with E-state index in [1.54, 1.807) is 19.6 Å². The summed E-state index contributed by atoms with van der Waals surface area (Å²) in [6.07, 6.45) is 4.08. The maximum absolute atomic E-state index is 12.8. The Balaban J connectivity index is 1.78. The monoisotopic (exact) mass is 519 g/mol. The molecule has 2 aromatic heterocycles. The minimum absolute atomic E-state index is 0.164. The summed E-state index contributed by atoms with van der Waals surface area (Å²) in [6, 6.07) is 9.87. The highest BCUT2D eigenvalue weighted by Crippen LogP contribution is 2.48. The van der Waals surface area contributed by atoms with Crippen LogP contribution in [0.1, 0.15) is 34.5 Å². The number of imidazole rings is 1. The summed E-state index contributed by atoms with van der Waals surface area (Å²) in [6.45, 7) is 4.36. The molecule has 0 unspecified atom stereocenters. The van der Waals surface area contributed by atoms with Gasteiger partial charge in [0.2, 0.25) is 5.82 Å². The Bertz CT molecular complexity index is 1450. The maximum atomic E-state index is 12.8. The van der Waals surface area contributed by atoms with E-state index >= 15 is 0 Å². The zero-order valence-corrected chi connectivity index (χ0v) is 20.5. The molecule has 1 aliphatic carbocycles. The van der Waals surface area contributed by atoms with Gasteiger partial charge in [0.05, 0.1) is 24.8 Å². The predicted molar refractivity (Wildman–Crippen MR) is 130 cm³/mol. The summed E-state index contributed by atoms with van der Waals surface area (Å²) in [5.41, 5.74) is 7.02. The first-order chi connectivity index (χ1) is 16.5. The fourth-order valence-electron chi connectivity index (χ4n) is 4.45. The predicted octanol–water partition coefficient (Wildman–Crippen LogP) is 4.47. The van der Waals surface area contributed by atoms with Crippen LogP contribution in [0, 0.1) is 6.92 Å². The van der Waals surface area contributed by atoms with Crippen LogP contribution in [0.25, 0.3) is 33.6 Å². The molecule has 1 aromatic carbocycles. The number of amides is 1. The first-order valence-electron chi connectivity index (χ1n) is 10.8. The largest absolute Gasteiger partial charge is 0.472 e. The summed E-state index contributed by atoms with van der Waals surface area (Å²) in [5.74, 6) is 1.19. The molecule has 3 aromatic rings. The second-order valence-corrected chi connectivity index (χ2v) is 8.61. The highest BCUT2D eigenvalue weighted by molar-refractivity contribution is 9.10. The molecule has 10 heteroatoms. The molecular formula is C24H22BrN7O2. The first kappa shape index (κ1) is 22.0. The molecule has 9 nitrogen and oxygen atoms in total. The quantitative estimate of drug-likeness (QED) is 0.342. The molecule has 0 bridgehead atoms. The molecule has 3 heterocycles. The number of benzene rings is 1. The molecule has 1 amide bonds. The lowest BCUT2D eigenvalue weighted by molar-refractivity contribution is 0.0953. The zero-order valence-electron chi connectivity index (χ0n) is 18.9. The number of aromatic nitrogens is 6. The minimum Gasteiger partial charge on any atom is -0.472 e. The zero-order chi connectivity index (χ0) is 23.8. The van der Waals surface area contributed by atoms with Crippen molar-refractivity contribution >= 4 is 21.8 Å². The number of H-pyrrole nitrogens is 1. The van der Waals surface area contributed by atoms with Gasteiger partial charge in [-0.1, -0.05) is 31.2 Å². The standard InChI is InChI=1S/C24H22BrN7O2/c1-4-19-27-13(2)22(24(33)26-3)32(19)11-17-14-9-10-34-12-18(14)21(25)20(17)15-7-5-6-8-16(15)23-28-30-31-29-23/h5-10,12H,4,11H2,1-3H3,(H,26,33)(H,28,29,30,31). The number of tetrazole rings is 1. The lowest BCUT2D eigenvalue weighted by atomic mass is 9.97. The molecular weight excluding hydrogens is 498 g/mol. The number of nitrogens with zero attached hydrogens (tertiary/aromatic N) is 5. The van der Waals surface area contributed by atoms with Crippen LogP contribution < -0.4 is 5.32 Å². The van der Waals surface area contributed by atoms with E-state index in [1.807, 2.05) is 48.7 Å². The van der Waals surface area contributed by atoms with E-state index in [4.69, 9.17) is 4.42 Å². The lowest BCUT2D eigenvalue weighted by Crippen LogP contribution is -2.23. The Hall–Kier alpha value is -3.79. The Morgan fingerprint density at radius 1 is 1.18 bits per heavy atom. The third-order valence-electron chi connectivity index (χ3n) is 5.95. The van der Waals surface area contributed by atoms with Gasteiger partial charge in [-0.05, 0) is 50.8 Å². The van der Waals surface area contributed by atoms with E-state index in [-0.39, 0.29) is 5.91 Å². The fraction of sp³-hybridized carbons (Fsp3) is 0.208. The SMILES string of the molecule is CCc1nc(C)c(C(=O)NC)n1Cc1c2ccocc-2c(Br)c1-c1ccccc1-c1nn[nH]n1. The summed E-state index contributed by atoms with van der Waals surface area (Å²) < 4.78 is 8.40. The van der Waals surface area contributed by atoms with Crippen LogP contribution in [-0.2, 0) is 13.0 Å². The molecule has 0 saturated heterocycles. The molecule has 0 atom stereocenters. The van der Waals surface area contributed by atoms with Crippen LogP contribution in [0.2, 0.25) is 0 Å². The number of aromatic amines is 1. The van der Waals surface area contributed by atoms with Crippen LogP contribution >= 0.6 is 15.9 Å². The molecule has 0 saturated carbocycles. The van der Waals surface area contributed by atoms with E-state index in [0.29, 0.717) is 30.2 Å². The first-order valence-corrected chi connectivity index (χ1v) is 11.6. The van der Waals surface area contributed by atoms with Crippen molar-refractivity contribution in [1.82, 2.24) is 35.5 Å². The molecule has 172 valence electrons. The van der Waals surface area contributed by atoms with Crippen molar-refractivity contribution in [3.8, 4) is 33.6 Å². The molecule has 34 heavy (non-hydrogen) atoms. The van der Waals surface area contributed by atoms with Crippen molar-refractivity contribution in [2.45, 2.75) is 26.8 Å². The van der Waals surface area contributed by atoms with Crippen molar-refractivity contribution in [1.29, 1.82) is 0 Å². The number of hydrogen-bond acceptors (Lipinski definition) is 6. The maximum Gasteiger partial charge on any atom is 0.269 e. The van der Waals surface area contributed by atoms with Crippen LogP contribution in [0.5, 0.6) is 0 Å². The van der Waals surface area contributed by atoms with Crippen molar-refractivity contribution in [2.24, 2.45) is 0 Å². The number of fused-ring (bicyclic) bond motifs is 1. The van der Waals surface area contributed by atoms with Gasteiger partial charge in [-0.15, -0.1) is 10.2 Å².